The van der Waals surface area contributed by atoms with Crippen molar-refractivity contribution < 1.29 is 18.7 Å². The molecule has 0 saturated carbocycles. The lowest BCUT2D eigenvalue weighted by Gasteiger charge is -2.31. The molecule has 184 valence electrons. The lowest BCUT2D eigenvalue weighted by Crippen LogP contribution is -2.51. The van der Waals surface area contributed by atoms with Gasteiger partial charge in [-0.3, -0.25) is 9.59 Å². The Kier molecular flexibility index (Phi) is 9.41. The number of halogens is 1. The van der Waals surface area contributed by atoms with E-state index in [1.807, 2.05) is 69.3 Å². The number of hydrogen-bond donors (Lipinski definition) is 1. The van der Waals surface area contributed by atoms with Gasteiger partial charge in [0.1, 0.15) is 17.6 Å². The van der Waals surface area contributed by atoms with E-state index in [1.54, 1.807) is 12.1 Å². The summed E-state index contributed by atoms with van der Waals surface area (Å²) in [5.74, 6) is -0.262. The Labute approximate surface area is 206 Å². The van der Waals surface area contributed by atoms with Crippen LogP contribution in [0.15, 0.2) is 72.8 Å². The Balaban J connectivity index is 1.90. The highest BCUT2D eigenvalue weighted by molar-refractivity contribution is 5.88. The molecule has 1 atom stereocenters. The van der Waals surface area contributed by atoms with Gasteiger partial charge in [-0.2, -0.15) is 0 Å². The third kappa shape index (κ3) is 7.67. The van der Waals surface area contributed by atoms with Crippen LogP contribution in [0.4, 0.5) is 4.39 Å². The minimum absolute atomic E-state index is 0.159. The minimum atomic E-state index is -0.747. The van der Waals surface area contributed by atoms with Crippen LogP contribution >= 0.6 is 0 Å². The molecule has 0 saturated heterocycles. The third-order valence-corrected chi connectivity index (χ3v) is 5.78. The smallest absolute Gasteiger partial charge is 0.261 e. The molecule has 0 bridgehead atoms. The largest absolute Gasteiger partial charge is 0.483 e. The Hall–Kier alpha value is -3.67. The first-order chi connectivity index (χ1) is 16.9. The van der Waals surface area contributed by atoms with E-state index in [4.69, 9.17) is 4.74 Å². The normalized spacial score (nSPS) is 11.5. The van der Waals surface area contributed by atoms with Crippen molar-refractivity contribution in [1.29, 1.82) is 0 Å². The zero-order chi connectivity index (χ0) is 25.2. The summed E-state index contributed by atoms with van der Waals surface area (Å²) < 4.78 is 19.4. The molecular weight excluding hydrogens is 443 g/mol. The van der Waals surface area contributed by atoms with Crippen LogP contribution in [0.25, 0.3) is 0 Å². The summed E-state index contributed by atoms with van der Waals surface area (Å²) in [5.41, 5.74) is 3.63. The summed E-state index contributed by atoms with van der Waals surface area (Å²) in [7, 11) is 0. The zero-order valence-corrected chi connectivity index (χ0v) is 20.6. The van der Waals surface area contributed by atoms with Crippen LogP contribution in [0.5, 0.6) is 5.75 Å². The van der Waals surface area contributed by atoms with E-state index in [-0.39, 0.29) is 30.8 Å². The molecule has 3 rings (SSSR count). The summed E-state index contributed by atoms with van der Waals surface area (Å²) in [6, 6.07) is 20.7. The molecule has 0 aliphatic rings. The van der Waals surface area contributed by atoms with Crippen molar-refractivity contribution in [2.45, 2.75) is 46.2 Å². The van der Waals surface area contributed by atoms with Crippen LogP contribution in [-0.2, 0) is 22.6 Å². The van der Waals surface area contributed by atoms with E-state index in [9.17, 15) is 14.0 Å². The second-order valence-corrected chi connectivity index (χ2v) is 8.70. The summed E-state index contributed by atoms with van der Waals surface area (Å²) in [5, 5.41) is 2.94. The average molecular weight is 477 g/mol. The Morgan fingerprint density at radius 1 is 0.971 bits per heavy atom. The SMILES string of the molecule is CCCNC(=O)C(Cc1ccccc1)N(Cc1ccc(F)cc1)C(=O)COc1cc(C)ccc1C. The van der Waals surface area contributed by atoms with Gasteiger partial charge in [0.05, 0.1) is 0 Å². The predicted molar refractivity (Wildman–Crippen MR) is 136 cm³/mol. The van der Waals surface area contributed by atoms with Crippen LogP contribution in [0, 0.1) is 19.7 Å². The molecule has 0 spiro atoms. The van der Waals surface area contributed by atoms with Crippen LogP contribution in [0.1, 0.15) is 35.6 Å². The predicted octanol–water partition coefficient (Wildman–Crippen LogP) is 4.99. The molecular formula is C29H33FN2O3. The number of nitrogens with one attached hydrogen (secondary N) is 1. The fourth-order valence-corrected chi connectivity index (χ4v) is 3.79. The highest BCUT2D eigenvalue weighted by Gasteiger charge is 2.30. The molecule has 0 radical (unpaired) electrons. The second-order valence-electron chi connectivity index (χ2n) is 8.70. The molecule has 35 heavy (non-hydrogen) atoms. The van der Waals surface area contributed by atoms with E-state index in [0.717, 1.165) is 28.7 Å². The molecule has 2 amide bonds. The Bertz CT molecular complexity index is 1120. The van der Waals surface area contributed by atoms with E-state index in [1.165, 1.54) is 17.0 Å². The summed E-state index contributed by atoms with van der Waals surface area (Å²) in [6.45, 7) is 6.33. The number of carbonyl (C=O) groups is 2. The van der Waals surface area contributed by atoms with Gasteiger partial charge in [-0.05, 0) is 60.7 Å². The molecule has 0 heterocycles. The van der Waals surface area contributed by atoms with E-state index < -0.39 is 6.04 Å². The van der Waals surface area contributed by atoms with Crippen LogP contribution in [0.3, 0.4) is 0 Å². The molecule has 3 aromatic rings. The number of hydrogen-bond acceptors (Lipinski definition) is 3. The molecule has 0 aliphatic heterocycles. The molecule has 0 aliphatic carbocycles. The van der Waals surface area contributed by atoms with Crippen molar-refractivity contribution in [2.75, 3.05) is 13.2 Å². The number of benzene rings is 3. The highest BCUT2D eigenvalue weighted by Crippen LogP contribution is 2.20. The molecule has 5 nitrogen and oxygen atoms in total. The van der Waals surface area contributed by atoms with Gasteiger partial charge in [-0.15, -0.1) is 0 Å². The van der Waals surface area contributed by atoms with Gasteiger partial charge in [0.25, 0.3) is 5.91 Å². The first kappa shape index (κ1) is 25.9. The maximum Gasteiger partial charge on any atom is 0.261 e. The third-order valence-electron chi connectivity index (χ3n) is 5.78. The number of aryl methyl sites for hydroxylation is 2. The van der Waals surface area contributed by atoms with Crippen molar-refractivity contribution in [2.24, 2.45) is 0 Å². The van der Waals surface area contributed by atoms with Gasteiger partial charge in [-0.1, -0.05) is 61.5 Å². The lowest BCUT2D eigenvalue weighted by atomic mass is 10.0. The van der Waals surface area contributed by atoms with Gasteiger partial charge >= 0.3 is 0 Å². The minimum Gasteiger partial charge on any atom is -0.483 e. The molecule has 3 aromatic carbocycles. The molecule has 6 heteroatoms. The van der Waals surface area contributed by atoms with Crippen molar-refractivity contribution in [3.63, 3.8) is 0 Å². The second kappa shape index (κ2) is 12.7. The van der Waals surface area contributed by atoms with Crippen LogP contribution in [-0.4, -0.2) is 35.9 Å². The maximum atomic E-state index is 13.5. The topological polar surface area (TPSA) is 58.6 Å². The number of nitrogens with zero attached hydrogens (tertiary/aromatic N) is 1. The fourth-order valence-electron chi connectivity index (χ4n) is 3.79. The van der Waals surface area contributed by atoms with E-state index in [2.05, 4.69) is 5.32 Å². The number of amides is 2. The summed E-state index contributed by atoms with van der Waals surface area (Å²) >= 11 is 0. The van der Waals surface area contributed by atoms with Crippen molar-refractivity contribution in [1.82, 2.24) is 10.2 Å². The number of ether oxygens (including phenoxy) is 1. The summed E-state index contributed by atoms with van der Waals surface area (Å²) in [6.07, 6.45) is 1.14. The van der Waals surface area contributed by atoms with Gasteiger partial charge in [0.2, 0.25) is 5.91 Å². The summed E-state index contributed by atoms with van der Waals surface area (Å²) in [4.78, 5) is 28.3. The van der Waals surface area contributed by atoms with Gasteiger partial charge in [0.15, 0.2) is 6.61 Å². The first-order valence-corrected chi connectivity index (χ1v) is 11.9. The average Bonchev–Trinajstić information content (AvgIpc) is 2.86. The Morgan fingerprint density at radius 3 is 2.37 bits per heavy atom. The monoisotopic (exact) mass is 476 g/mol. The quantitative estimate of drug-likeness (QED) is 0.424. The molecule has 0 fully saturated rings. The van der Waals surface area contributed by atoms with Crippen molar-refractivity contribution in [3.8, 4) is 5.75 Å². The maximum absolute atomic E-state index is 13.5. The molecule has 1 unspecified atom stereocenters. The van der Waals surface area contributed by atoms with Crippen molar-refractivity contribution >= 4 is 11.8 Å². The van der Waals surface area contributed by atoms with E-state index >= 15 is 0 Å². The highest BCUT2D eigenvalue weighted by atomic mass is 19.1. The number of carbonyl (C=O) groups excluding carboxylic acids is 2. The number of rotatable bonds is 11. The molecule has 0 aromatic heterocycles. The van der Waals surface area contributed by atoms with Gasteiger partial charge in [0, 0.05) is 19.5 Å². The fraction of sp³-hybridized carbons (Fsp3) is 0.310. The standard InChI is InChI=1S/C29H33FN2O3/c1-4-16-31-29(34)26(18-23-8-6-5-7-9-23)32(19-24-12-14-25(30)15-13-24)28(33)20-35-27-17-21(2)10-11-22(27)3/h5-15,17,26H,4,16,18-20H2,1-3H3,(H,31,34). The van der Waals surface area contributed by atoms with Crippen molar-refractivity contribution in [3.05, 3.63) is 101 Å². The van der Waals surface area contributed by atoms with Gasteiger partial charge < -0.3 is 15.0 Å². The van der Waals surface area contributed by atoms with Gasteiger partial charge in [-0.25, -0.2) is 4.39 Å². The first-order valence-electron chi connectivity index (χ1n) is 11.9. The van der Waals surface area contributed by atoms with Crippen LogP contribution in [0.2, 0.25) is 0 Å². The lowest BCUT2D eigenvalue weighted by molar-refractivity contribution is -0.142. The molecule has 1 N–H and O–H groups in total. The van der Waals surface area contributed by atoms with E-state index in [0.29, 0.717) is 18.7 Å². The van der Waals surface area contributed by atoms with Crippen LogP contribution < -0.4 is 10.1 Å². The zero-order valence-electron chi connectivity index (χ0n) is 20.6. The Morgan fingerprint density at radius 2 is 1.69 bits per heavy atom.